The van der Waals surface area contributed by atoms with Crippen LogP contribution in [0.15, 0.2) is 24.3 Å². The van der Waals surface area contributed by atoms with E-state index in [0.29, 0.717) is 32.7 Å². The molecule has 2 amide bonds. The van der Waals surface area contributed by atoms with Crippen molar-refractivity contribution in [1.82, 2.24) is 9.80 Å². The number of rotatable bonds is 3. The van der Waals surface area contributed by atoms with Gasteiger partial charge in [-0.15, -0.1) is 0 Å². The van der Waals surface area contributed by atoms with E-state index in [-0.39, 0.29) is 17.6 Å². The van der Waals surface area contributed by atoms with E-state index in [1.54, 1.807) is 17.0 Å². The SMILES string of the molecule is CC(=O)N1CCN(Cc2ccc(F)cc2)C[C@@H](C(N)=O)C1. The van der Waals surface area contributed by atoms with E-state index in [4.69, 9.17) is 5.73 Å². The molecular weight excluding hydrogens is 273 g/mol. The molecule has 0 unspecified atom stereocenters. The Morgan fingerprint density at radius 1 is 1.24 bits per heavy atom. The number of primary amides is 1. The Hall–Kier alpha value is -1.95. The Bertz CT molecular complexity index is 518. The van der Waals surface area contributed by atoms with E-state index in [2.05, 4.69) is 4.90 Å². The lowest BCUT2D eigenvalue weighted by Gasteiger charge is -2.22. The Morgan fingerprint density at radius 3 is 2.48 bits per heavy atom. The highest BCUT2D eigenvalue weighted by atomic mass is 19.1. The van der Waals surface area contributed by atoms with Gasteiger partial charge in [0.25, 0.3) is 0 Å². The second-order valence-electron chi connectivity index (χ2n) is 5.43. The molecule has 2 rings (SSSR count). The average molecular weight is 293 g/mol. The minimum atomic E-state index is -0.396. The first kappa shape index (κ1) is 15.4. The molecule has 0 saturated carbocycles. The number of amides is 2. The van der Waals surface area contributed by atoms with Crippen LogP contribution >= 0.6 is 0 Å². The Kier molecular flexibility index (Phi) is 4.90. The van der Waals surface area contributed by atoms with Crippen molar-refractivity contribution in [3.63, 3.8) is 0 Å². The fraction of sp³-hybridized carbons (Fsp3) is 0.467. The molecule has 1 fully saturated rings. The molecule has 114 valence electrons. The molecule has 1 aliphatic rings. The molecule has 1 heterocycles. The monoisotopic (exact) mass is 293 g/mol. The zero-order chi connectivity index (χ0) is 15.4. The second kappa shape index (κ2) is 6.67. The van der Waals surface area contributed by atoms with Gasteiger partial charge in [0.15, 0.2) is 0 Å². The van der Waals surface area contributed by atoms with Crippen molar-refractivity contribution in [2.45, 2.75) is 13.5 Å². The molecule has 0 spiro atoms. The van der Waals surface area contributed by atoms with Crippen LogP contribution in [0.3, 0.4) is 0 Å². The van der Waals surface area contributed by atoms with Gasteiger partial charge in [0.1, 0.15) is 5.82 Å². The number of carbonyl (C=O) groups is 2. The number of halogens is 1. The lowest BCUT2D eigenvalue weighted by Crippen LogP contribution is -2.39. The van der Waals surface area contributed by atoms with Crippen molar-refractivity contribution in [2.75, 3.05) is 26.2 Å². The second-order valence-corrected chi connectivity index (χ2v) is 5.43. The van der Waals surface area contributed by atoms with E-state index < -0.39 is 5.91 Å². The van der Waals surface area contributed by atoms with Gasteiger partial charge in [0, 0.05) is 39.6 Å². The zero-order valence-electron chi connectivity index (χ0n) is 12.1. The van der Waals surface area contributed by atoms with E-state index in [1.807, 2.05) is 0 Å². The van der Waals surface area contributed by atoms with Gasteiger partial charge >= 0.3 is 0 Å². The highest BCUT2D eigenvalue weighted by Gasteiger charge is 2.27. The normalized spacial score (nSPS) is 20.1. The van der Waals surface area contributed by atoms with Crippen LogP contribution in [0.2, 0.25) is 0 Å². The van der Waals surface area contributed by atoms with Gasteiger partial charge in [-0.3, -0.25) is 14.5 Å². The largest absolute Gasteiger partial charge is 0.369 e. The molecule has 5 nitrogen and oxygen atoms in total. The molecule has 21 heavy (non-hydrogen) atoms. The number of hydrogen-bond acceptors (Lipinski definition) is 3. The van der Waals surface area contributed by atoms with Crippen LogP contribution in [0.4, 0.5) is 4.39 Å². The average Bonchev–Trinajstić information content (AvgIpc) is 2.64. The summed E-state index contributed by atoms with van der Waals surface area (Å²) in [4.78, 5) is 26.8. The molecule has 0 bridgehead atoms. The van der Waals surface area contributed by atoms with Crippen molar-refractivity contribution in [2.24, 2.45) is 11.7 Å². The minimum absolute atomic E-state index is 0.0510. The quantitative estimate of drug-likeness (QED) is 0.887. The van der Waals surface area contributed by atoms with Crippen LogP contribution in [0.5, 0.6) is 0 Å². The molecule has 0 aliphatic carbocycles. The number of hydrogen-bond donors (Lipinski definition) is 1. The summed E-state index contributed by atoms with van der Waals surface area (Å²) in [5.41, 5.74) is 6.39. The third-order valence-corrected chi connectivity index (χ3v) is 3.77. The van der Waals surface area contributed by atoms with Crippen LogP contribution in [-0.4, -0.2) is 47.8 Å². The molecule has 6 heteroatoms. The van der Waals surface area contributed by atoms with Crippen molar-refractivity contribution < 1.29 is 14.0 Å². The molecule has 1 saturated heterocycles. The van der Waals surface area contributed by atoms with Crippen LogP contribution in [0, 0.1) is 11.7 Å². The van der Waals surface area contributed by atoms with Gasteiger partial charge in [-0.2, -0.15) is 0 Å². The van der Waals surface area contributed by atoms with E-state index in [0.717, 1.165) is 5.56 Å². The summed E-state index contributed by atoms with van der Waals surface area (Å²) < 4.78 is 12.9. The Balaban J connectivity index is 2.07. The first-order chi connectivity index (χ1) is 9.95. The van der Waals surface area contributed by atoms with Crippen LogP contribution in [0.1, 0.15) is 12.5 Å². The summed E-state index contributed by atoms with van der Waals surface area (Å²) in [7, 11) is 0. The van der Waals surface area contributed by atoms with Crippen molar-refractivity contribution in [1.29, 1.82) is 0 Å². The lowest BCUT2D eigenvalue weighted by molar-refractivity contribution is -0.130. The molecule has 0 aromatic heterocycles. The maximum Gasteiger partial charge on any atom is 0.223 e. The summed E-state index contributed by atoms with van der Waals surface area (Å²) in [5.74, 6) is -1.10. The molecule has 2 N–H and O–H groups in total. The third kappa shape index (κ3) is 4.26. The third-order valence-electron chi connectivity index (χ3n) is 3.77. The molecule has 1 aliphatic heterocycles. The zero-order valence-corrected chi connectivity index (χ0v) is 12.1. The highest BCUT2D eigenvalue weighted by Crippen LogP contribution is 2.13. The maximum absolute atomic E-state index is 12.9. The summed E-state index contributed by atoms with van der Waals surface area (Å²) in [6.45, 7) is 4.21. The van der Waals surface area contributed by atoms with E-state index in [9.17, 15) is 14.0 Å². The number of benzene rings is 1. The van der Waals surface area contributed by atoms with Crippen LogP contribution in [-0.2, 0) is 16.1 Å². The topological polar surface area (TPSA) is 66.6 Å². The first-order valence-corrected chi connectivity index (χ1v) is 6.97. The maximum atomic E-state index is 12.9. The number of carbonyl (C=O) groups excluding carboxylic acids is 2. The minimum Gasteiger partial charge on any atom is -0.369 e. The van der Waals surface area contributed by atoms with Gasteiger partial charge in [-0.1, -0.05) is 12.1 Å². The van der Waals surface area contributed by atoms with Gasteiger partial charge < -0.3 is 10.6 Å². The van der Waals surface area contributed by atoms with Gasteiger partial charge in [0.2, 0.25) is 11.8 Å². The van der Waals surface area contributed by atoms with E-state index in [1.165, 1.54) is 19.1 Å². The summed E-state index contributed by atoms with van der Waals surface area (Å²) in [5, 5.41) is 0. The molecular formula is C15H20FN3O2. The van der Waals surface area contributed by atoms with Gasteiger partial charge in [0.05, 0.1) is 5.92 Å². The Morgan fingerprint density at radius 2 is 1.90 bits per heavy atom. The van der Waals surface area contributed by atoms with E-state index >= 15 is 0 Å². The molecule has 1 aromatic carbocycles. The number of nitrogens with zero attached hydrogens (tertiary/aromatic N) is 2. The first-order valence-electron chi connectivity index (χ1n) is 6.97. The molecule has 1 aromatic rings. The van der Waals surface area contributed by atoms with Gasteiger partial charge in [-0.25, -0.2) is 4.39 Å². The smallest absolute Gasteiger partial charge is 0.223 e. The van der Waals surface area contributed by atoms with Crippen LogP contribution in [0.25, 0.3) is 0 Å². The highest BCUT2D eigenvalue weighted by molar-refractivity contribution is 5.79. The summed E-state index contributed by atoms with van der Waals surface area (Å²) in [6.07, 6.45) is 0. The fourth-order valence-corrected chi connectivity index (χ4v) is 2.54. The molecule has 0 radical (unpaired) electrons. The predicted octanol–water partition coefficient (Wildman–Crippen LogP) is 0.591. The predicted molar refractivity (Wildman–Crippen MR) is 76.6 cm³/mol. The summed E-state index contributed by atoms with van der Waals surface area (Å²) >= 11 is 0. The standard InChI is InChI=1S/C15H20FN3O2/c1-11(20)19-7-6-18(9-13(10-19)15(17)21)8-12-2-4-14(16)5-3-12/h2-5,13H,6-10H2,1H3,(H2,17,21)/t13-/m1/s1. The van der Waals surface area contributed by atoms with Crippen LogP contribution < -0.4 is 5.73 Å². The lowest BCUT2D eigenvalue weighted by atomic mass is 10.1. The molecule has 1 atom stereocenters. The Labute approximate surface area is 123 Å². The fourth-order valence-electron chi connectivity index (χ4n) is 2.54. The number of nitrogens with two attached hydrogens (primary N) is 1. The van der Waals surface area contributed by atoms with Crippen molar-refractivity contribution in [3.8, 4) is 0 Å². The van der Waals surface area contributed by atoms with Gasteiger partial charge in [-0.05, 0) is 17.7 Å². The summed E-state index contributed by atoms with van der Waals surface area (Å²) in [6, 6.07) is 6.28. The van der Waals surface area contributed by atoms with Crippen molar-refractivity contribution >= 4 is 11.8 Å². The van der Waals surface area contributed by atoms with Crippen molar-refractivity contribution in [3.05, 3.63) is 35.6 Å².